The van der Waals surface area contributed by atoms with Crippen LogP contribution in [0.15, 0.2) is 71.1 Å². The van der Waals surface area contributed by atoms with E-state index in [-0.39, 0.29) is 50.0 Å². The molecule has 0 saturated carbocycles. The number of nitrogens with zero attached hydrogens (tertiary/aromatic N) is 2. The average molecular weight is 509 g/mol. The second-order valence-electron chi connectivity index (χ2n) is 9.28. The molecule has 2 aromatic carbocycles. The molecule has 1 fully saturated rings. The number of carbonyl (C=O) groups excluding carboxylic acids is 2. The molecule has 196 valence electrons. The molecule has 2 heterocycles. The van der Waals surface area contributed by atoms with Crippen LogP contribution < -0.4 is 0 Å². The molecule has 0 radical (unpaired) electrons. The highest BCUT2D eigenvalue weighted by Gasteiger charge is 2.27. The van der Waals surface area contributed by atoms with Crippen LogP contribution in [0.4, 0.5) is 4.39 Å². The van der Waals surface area contributed by atoms with Crippen molar-refractivity contribution in [3.8, 4) is 0 Å². The lowest BCUT2D eigenvalue weighted by molar-refractivity contribution is -0.145. The van der Waals surface area contributed by atoms with Crippen LogP contribution in [0.1, 0.15) is 35.5 Å². The van der Waals surface area contributed by atoms with Crippen LogP contribution in [0.25, 0.3) is 0 Å². The highest BCUT2D eigenvalue weighted by molar-refractivity contribution is 5.85. The highest BCUT2D eigenvalue weighted by Crippen LogP contribution is 2.17. The Morgan fingerprint density at radius 3 is 2.41 bits per heavy atom. The second kappa shape index (κ2) is 13.2. The van der Waals surface area contributed by atoms with Crippen molar-refractivity contribution in [3.63, 3.8) is 0 Å². The lowest BCUT2D eigenvalue weighted by Gasteiger charge is -2.29. The topological polar surface area (TPSA) is 72.2 Å². The molecule has 0 spiro atoms. The molecule has 2 amide bonds. The highest BCUT2D eigenvalue weighted by atomic mass is 19.1. The fourth-order valence-electron chi connectivity index (χ4n) is 4.27. The van der Waals surface area contributed by atoms with Gasteiger partial charge in [0.1, 0.15) is 23.9 Å². The molecule has 1 atom stereocenters. The number of rotatable bonds is 12. The van der Waals surface area contributed by atoms with Crippen LogP contribution in [0, 0.1) is 12.7 Å². The number of amides is 2. The summed E-state index contributed by atoms with van der Waals surface area (Å²) in [5, 5.41) is 0. The number of ether oxygens (including phenoxy) is 2. The summed E-state index contributed by atoms with van der Waals surface area (Å²) in [6.45, 7) is 3.36. The predicted octanol–water partition coefficient (Wildman–Crippen LogP) is 4.48. The standard InChI is InChI=1S/C29H33FN2O5/c1-22-9-14-27(37-22)18-31(16-23-10-12-25(30)13-11-23)28(33)19-32(17-26-8-5-15-36-26)29(34)21-35-20-24-6-3-2-4-7-24/h2-4,6-7,9-14,26H,5,8,15-21H2,1H3. The van der Waals surface area contributed by atoms with Crippen molar-refractivity contribution >= 4 is 11.8 Å². The first-order valence-electron chi connectivity index (χ1n) is 12.5. The van der Waals surface area contributed by atoms with E-state index in [0.717, 1.165) is 29.7 Å². The zero-order chi connectivity index (χ0) is 26.0. The molecule has 3 aromatic rings. The first-order chi connectivity index (χ1) is 18.0. The van der Waals surface area contributed by atoms with Crippen LogP contribution in [0.2, 0.25) is 0 Å². The lowest BCUT2D eigenvalue weighted by atomic mass is 10.2. The van der Waals surface area contributed by atoms with Gasteiger partial charge >= 0.3 is 0 Å². The number of hydrogen-bond acceptors (Lipinski definition) is 5. The van der Waals surface area contributed by atoms with Gasteiger partial charge in [0.15, 0.2) is 0 Å². The van der Waals surface area contributed by atoms with E-state index in [4.69, 9.17) is 13.9 Å². The number of hydrogen-bond donors (Lipinski definition) is 0. The molecule has 1 aromatic heterocycles. The average Bonchev–Trinajstić information content (AvgIpc) is 3.56. The summed E-state index contributed by atoms with van der Waals surface area (Å²) >= 11 is 0. The maximum Gasteiger partial charge on any atom is 0.249 e. The molecule has 0 aliphatic carbocycles. The van der Waals surface area contributed by atoms with Crippen molar-refractivity contribution in [3.05, 3.63) is 95.2 Å². The molecule has 1 unspecified atom stereocenters. The Morgan fingerprint density at radius 1 is 0.946 bits per heavy atom. The molecule has 1 saturated heterocycles. The van der Waals surface area contributed by atoms with Gasteiger partial charge in [-0.05, 0) is 55.2 Å². The third kappa shape index (κ3) is 8.27. The van der Waals surface area contributed by atoms with Gasteiger partial charge < -0.3 is 23.7 Å². The Hall–Kier alpha value is -3.49. The molecule has 7 nitrogen and oxygen atoms in total. The smallest absolute Gasteiger partial charge is 0.249 e. The zero-order valence-electron chi connectivity index (χ0n) is 21.1. The quantitative estimate of drug-likeness (QED) is 0.361. The molecule has 1 aliphatic rings. The molecular weight excluding hydrogens is 475 g/mol. The Balaban J connectivity index is 1.44. The Morgan fingerprint density at radius 2 is 1.73 bits per heavy atom. The van der Waals surface area contributed by atoms with E-state index in [2.05, 4.69) is 0 Å². The monoisotopic (exact) mass is 508 g/mol. The number of aryl methyl sites for hydroxylation is 1. The van der Waals surface area contributed by atoms with Crippen molar-refractivity contribution in [2.75, 3.05) is 26.3 Å². The fraction of sp³-hybridized carbons (Fsp3) is 0.379. The summed E-state index contributed by atoms with van der Waals surface area (Å²) < 4.78 is 30.5. The largest absolute Gasteiger partial charge is 0.464 e. The number of carbonyl (C=O) groups is 2. The van der Waals surface area contributed by atoms with Crippen molar-refractivity contribution in [2.24, 2.45) is 0 Å². The van der Waals surface area contributed by atoms with Crippen LogP contribution in [-0.4, -0.2) is 54.0 Å². The van der Waals surface area contributed by atoms with Crippen LogP contribution in [0.3, 0.4) is 0 Å². The van der Waals surface area contributed by atoms with Crippen LogP contribution in [-0.2, 0) is 38.8 Å². The molecule has 8 heteroatoms. The van der Waals surface area contributed by atoms with Crippen molar-refractivity contribution < 1.29 is 27.9 Å². The molecule has 1 aliphatic heterocycles. The van der Waals surface area contributed by atoms with E-state index in [9.17, 15) is 14.0 Å². The maximum atomic E-state index is 13.5. The summed E-state index contributed by atoms with van der Waals surface area (Å²) in [7, 11) is 0. The number of benzene rings is 2. The van der Waals surface area contributed by atoms with Crippen LogP contribution >= 0.6 is 0 Å². The number of furan rings is 1. The Kier molecular flexibility index (Phi) is 9.46. The minimum atomic E-state index is -0.341. The van der Waals surface area contributed by atoms with E-state index in [0.29, 0.717) is 25.5 Å². The molecule has 37 heavy (non-hydrogen) atoms. The third-order valence-electron chi connectivity index (χ3n) is 6.25. The SMILES string of the molecule is Cc1ccc(CN(Cc2ccc(F)cc2)C(=O)CN(CC2CCCO2)C(=O)COCc2ccccc2)o1. The summed E-state index contributed by atoms with van der Waals surface area (Å²) in [6, 6.07) is 19.3. The molecule has 0 N–H and O–H groups in total. The van der Waals surface area contributed by atoms with Gasteiger partial charge in [-0.3, -0.25) is 9.59 Å². The first-order valence-corrected chi connectivity index (χ1v) is 12.5. The van der Waals surface area contributed by atoms with Gasteiger partial charge in [0.2, 0.25) is 11.8 Å². The van der Waals surface area contributed by atoms with Gasteiger partial charge in [0.05, 0.1) is 25.8 Å². The Labute approximate surface area is 216 Å². The maximum absolute atomic E-state index is 13.5. The lowest BCUT2D eigenvalue weighted by Crippen LogP contribution is -2.46. The minimum absolute atomic E-state index is 0.107. The molecule has 4 rings (SSSR count). The van der Waals surface area contributed by atoms with Gasteiger partial charge in [0, 0.05) is 19.7 Å². The normalized spacial score (nSPS) is 15.0. The second-order valence-corrected chi connectivity index (χ2v) is 9.28. The van der Waals surface area contributed by atoms with Gasteiger partial charge in [-0.2, -0.15) is 0 Å². The van der Waals surface area contributed by atoms with E-state index in [1.807, 2.05) is 49.4 Å². The molecular formula is C29H33FN2O5. The minimum Gasteiger partial charge on any atom is -0.464 e. The fourth-order valence-corrected chi connectivity index (χ4v) is 4.27. The molecule has 0 bridgehead atoms. The van der Waals surface area contributed by atoms with Gasteiger partial charge in [-0.15, -0.1) is 0 Å². The van der Waals surface area contributed by atoms with E-state index in [1.54, 1.807) is 17.0 Å². The van der Waals surface area contributed by atoms with E-state index >= 15 is 0 Å². The summed E-state index contributed by atoms with van der Waals surface area (Å²) in [5.74, 6) is 0.529. The number of halogens is 1. The van der Waals surface area contributed by atoms with E-state index < -0.39 is 0 Å². The van der Waals surface area contributed by atoms with Crippen molar-refractivity contribution in [1.82, 2.24) is 9.80 Å². The van der Waals surface area contributed by atoms with Crippen LogP contribution in [0.5, 0.6) is 0 Å². The zero-order valence-corrected chi connectivity index (χ0v) is 21.1. The summed E-state index contributed by atoms with van der Waals surface area (Å²) in [6.07, 6.45) is 1.66. The van der Waals surface area contributed by atoms with Gasteiger partial charge in [-0.1, -0.05) is 42.5 Å². The third-order valence-corrected chi connectivity index (χ3v) is 6.25. The first kappa shape index (κ1) is 26.6. The summed E-state index contributed by atoms with van der Waals surface area (Å²) in [5.41, 5.74) is 1.75. The van der Waals surface area contributed by atoms with Crippen molar-refractivity contribution in [2.45, 2.75) is 45.6 Å². The summed E-state index contributed by atoms with van der Waals surface area (Å²) in [4.78, 5) is 29.8. The van der Waals surface area contributed by atoms with Crippen molar-refractivity contribution in [1.29, 1.82) is 0 Å². The van der Waals surface area contributed by atoms with Gasteiger partial charge in [-0.25, -0.2) is 4.39 Å². The van der Waals surface area contributed by atoms with Gasteiger partial charge in [0.25, 0.3) is 0 Å². The van der Waals surface area contributed by atoms with E-state index in [1.165, 1.54) is 17.0 Å². The predicted molar refractivity (Wildman–Crippen MR) is 136 cm³/mol. The Bertz CT molecular complexity index is 1140.